The first-order chi connectivity index (χ1) is 25.7. The molecular weight excluding hydrogens is 799 g/mol. The Balaban J connectivity index is 0.000000208. The molecule has 0 unspecified atom stereocenters. The first kappa shape index (κ1) is 39.0. The van der Waals surface area contributed by atoms with Crippen LogP contribution in [-0.2, 0) is 20.0 Å². The van der Waals surface area contributed by atoms with E-state index in [2.05, 4.69) is 40.5 Å². The summed E-state index contributed by atoms with van der Waals surface area (Å²) in [5.74, 6) is 0.0237. The van der Waals surface area contributed by atoms with Gasteiger partial charge in [-0.05, 0) is 24.3 Å². The molecule has 0 radical (unpaired) electrons. The fraction of sp³-hybridized carbons (Fsp3) is 0.143. The SMILES string of the molecule is COc1cc(OC)nc(NC(=O)NS(=O)(=O)c2c(Cl)nc3ccccn23)n1.COc1cc(OC)nc(NC(=O)NS(=O)(=O)c2c(Cl)nc3ccccn23)n1. The van der Waals surface area contributed by atoms with E-state index in [1.165, 1.54) is 61.8 Å². The Kier molecular flexibility index (Phi) is 11.7. The quantitative estimate of drug-likeness (QED) is 0.155. The van der Waals surface area contributed by atoms with Crippen molar-refractivity contribution in [1.29, 1.82) is 0 Å². The molecule has 6 aromatic rings. The van der Waals surface area contributed by atoms with Crippen LogP contribution >= 0.6 is 23.2 Å². The van der Waals surface area contributed by atoms with E-state index in [-0.39, 0.29) is 55.8 Å². The zero-order chi connectivity index (χ0) is 39.2. The van der Waals surface area contributed by atoms with E-state index in [1.54, 1.807) is 36.4 Å². The molecule has 54 heavy (non-hydrogen) atoms. The highest BCUT2D eigenvalue weighted by Gasteiger charge is 2.28. The molecule has 0 saturated heterocycles. The van der Waals surface area contributed by atoms with E-state index in [1.807, 2.05) is 9.44 Å². The first-order valence-electron chi connectivity index (χ1n) is 14.5. The number of rotatable bonds is 10. The Morgan fingerprint density at radius 3 is 1.22 bits per heavy atom. The number of hydrogen-bond donors (Lipinski definition) is 4. The van der Waals surface area contributed by atoms with E-state index < -0.39 is 32.1 Å². The minimum atomic E-state index is -4.34. The highest BCUT2D eigenvalue weighted by Crippen LogP contribution is 2.24. The minimum Gasteiger partial charge on any atom is -0.481 e. The van der Waals surface area contributed by atoms with E-state index in [0.717, 1.165) is 0 Å². The van der Waals surface area contributed by atoms with Crippen molar-refractivity contribution in [2.24, 2.45) is 0 Å². The average molecular weight is 826 g/mol. The van der Waals surface area contributed by atoms with Crippen LogP contribution in [-0.4, -0.2) is 96.0 Å². The van der Waals surface area contributed by atoms with Crippen LogP contribution in [0.4, 0.5) is 21.5 Å². The number of carbonyl (C=O) groups excluding carboxylic acids is 2. The van der Waals surface area contributed by atoms with E-state index in [0.29, 0.717) is 11.3 Å². The van der Waals surface area contributed by atoms with Gasteiger partial charge in [-0.3, -0.25) is 19.4 Å². The van der Waals surface area contributed by atoms with Gasteiger partial charge in [0.2, 0.25) is 35.4 Å². The number of urea groups is 2. The van der Waals surface area contributed by atoms with Gasteiger partial charge in [0, 0.05) is 12.4 Å². The van der Waals surface area contributed by atoms with Crippen molar-refractivity contribution in [2.45, 2.75) is 10.1 Å². The van der Waals surface area contributed by atoms with Crippen molar-refractivity contribution in [3.05, 3.63) is 71.2 Å². The number of fused-ring (bicyclic) bond motifs is 2. The van der Waals surface area contributed by atoms with Gasteiger partial charge in [-0.25, -0.2) is 29.0 Å². The van der Waals surface area contributed by atoms with Crippen molar-refractivity contribution >= 4 is 78.5 Å². The smallest absolute Gasteiger partial charge is 0.335 e. The predicted molar refractivity (Wildman–Crippen MR) is 189 cm³/mol. The predicted octanol–water partition coefficient (Wildman–Crippen LogP) is 2.61. The lowest BCUT2D eigenvalue weighted by molar-refractivity contribution is 0.255. The number of amides is 4. The summed E-state index contributed by atoms with van der Waals surface area (Å²) in [6.45, 7) is 0. The van der Waals surface area contributed by atoms with Crippen LogP contribution in [0.5, 0.6) is 23.5 Å². The Labute approximate surface area is 314 Å². The average Bonchev–Trinajstić information content (AvgIpc) is 3.66. The number of nitrogens with zero attached hydrogens (tertiary/aromatic N) is 8. The van der Waals surface area contributed by atoms with E-state index in [4.69, 9.17) is 42.1 Å². The second-order valence-electron chi connectivity index (χ2n) is 9.95. The number of carbonyl (C=O) groups is 2. The lowest BCUT2D eigenvalue weighted by atomic mass is 10.5. The maximum absolute atomic E-state index is 12.6. The Hall–Kier alpha value is -6.24. The molecular formula is C28H26Cl2N12O10S2. The number of methoxy groups -OCH3 is 4. The molecule has 22 nitrogen and oxygen atoms in total. The van der Waals surface area contributed by atoms with Gasteiger partial charge >= 0.3 is 12.1 Å². The molecule has 0 aliphatic rings. The van der Waals surface area contributed by atoms with Crippen molar-refractivity contribution in [1.82, 2.24) is 48.1 Å². The second-order valence-corrected chi connectivity index (χ2v) is 13.9. The van der Waals surface area contributed by atoms with Crippen molar-refractivity contribution in [3.63, 3.8) is 0 Å². The van der Waals surface area contributed by atoms with Crippen LogP contribution in [0.15, 0.2) is 71.0 Å². The summed E-state index contributed by atoms with van der Waals surface area (Å²) in [5.41, 5.74) is 0.619. The summed E-state index contributed by atoms with van der Waals surface area (Å²) in [4.78, 5) is 47.6. The molecule has 0 spiro atoms. The van der Waals surface area contributed by atoms with Gasteiger partial charge in [0.1, 0.15) is 11.3 Å². The highest BCUT2D eigenvalue weighted by molar-refractivity contribution is 7.90. The lowest BCUT2D eigenvalue weighted by Crippen LogP contribution is -2.35. The molecule has 0 aliphatic carbocycles. The Morgan fingerprint density at radius 1 is 0.574 bits per heavy atom. The van der Waals surface area contributed by atoms with Crippen molar-refractivity contribution < 1.29 is 45.4 Å². The highest BCUT2D eigenvalue weighted by atomic mass is 35.5. The molecule has 0 aliphatic heterocycles. The van der Waals surface area contributed by atoms with Crippen LogP contribution in [0.3, 0.4) is 0 Å². The zero-order valence-electron chi connectivity index (χ0n) is 28.0. The number of ether oxygens (including phenoxy) is 4. The molecule has 0 atom stereocenters. The largest absolute Gasteiger partial charge is 0.481 e. The van der Waals surface area contributed by atoms with E-state index in [9.17, 15) is 26.4 Å². The molecule has 0 saturated carbocycles. The number of sulfonamides is 2. The molecule has 0 bridgehead atoms. The normalized spacial score (nSPS) is 11.2. The van der Waals surface area contributed by atoms with Gasteiger partial charge in [0.15, 0.2) is 20.4 Å². The van der Waals surface area contributed by atoms with E-state index >= 15 is 0 Å². The topological polar surface area (TPSA) is 274 Å². The fourth-order valence-electron chi connectivity index (χ4n) is 4.30. The molecule has 6 heterocycles. The number of imidazole rings is 2. The molecule has 0 aromatic carbocycles. The van der Waals surface area contributed by atoms with Crippen LogP contribution in [0.1, 0.15) is 0 Å². The first-order valence-corrected chi connectivity index (χ1v) is 18.3. The third-order valence-corrected chi connectivity index (χ3v) is 9.96. The fourth-order valence-corrected chi connectivity index (χ4v) is 7.41. The summed E-state index contributed by atoms with van der Waals surface area (Å²) in [6, 6.07) is 10.2. The number of nitrogens with one attached hydrogen (secondary N) is 4. The van der Waals surface area contributed by atoms with Gasteiger partial charge in [0.05, 0.1) is 40.6 Å². The number of halogens is 2. The van der Waals surface area contributed by atoms with Gasteiger partial charge in [0.25, 0.3) is 20.0 Å². The second kappa shape index (κ2) is 16.2. The summed E-state index contributed by atoms with van der Waals surface area (Å²) in [7, 11) is -3.22. The summed E-state index contributed by atoms with van der Waals surface area (Å²) in [5, 5.41) is 3.08. The Morgan fingerprint density at radius 2 is 0.907 bits per heavy atom. The van der Waals surface area contributed by atoms with Gasteiger partial charge in [-0.1, -0.05) is 35.3 Å². The molecule has 26 heteroatoms. The molecule has 4 N–H and O–H groups in total. The number of anilines is 2. The van der Waals surface area contributed by atoms with Crippen LogP contribution in [0.2, 0.25) is 10.3 Å². The summed E-state index contributed by atoms with van der Waals surface area (Å²) < 4.78 is 76.2. The van der Waals surface area contributed by atoms with Crippen LogP contribution < -0.4 is 39.0 Å². The molecule has 0 fully saturated rings. The maximum Gasteiger partial charge on any atom is 0.335 e. The van der Waals surface area contributed by atoms with Crippen LogP contribution in [0.25, 0.3) is 11.3 Å². The van der Waals surface area contributed by atoms with Crippen LogP contribution in [0, 0.1) is 0 Å². The Bertz CT molecular complexity index is 2370. The molecule has 284 valence electrons. The number of aromatic nitrogens is 8. The molecule has 6 rings (SSSR count). The van der Waals surface area contributed by atoms with Crippen molar-refractivity contribution in [3.8, 4) is 23.5 Å². The zero-order valence-corrected chi connectivity index (χ0v) is 31.2. The van der Waals surface area contributed by atoms with Crippen molar-refractivity contribution in [2.75, 3.05) is 39.1 Å². The number of hydrogen-bond acceptors (Lipinski definition) is 16. The third kappa shape index (κ3) is 8.85. The lowest BCUT2D eigenvalue weighted by Gasteiger charge is -2.09. The summed E-state index contributed by atoms with van der Waals surface area (Å²) >= 11 is 11.9. The van der Waals surface area contributed by atoms with Gasteiger partial charge < -0.3 is 18.9 Å². The standard InChI is InChI=1S/2C14H13ClN6O5S/c2*1-25-9-7-10(26-2)18-13(17-9)19-14(22)20-27(23,24)12-11(15)16-8-5-3-4-6-21(8)12/h2*3-7H,1-2H3,(H2,17,18,19,20,22). The van der Waals surface area contributed by atoms with Gasteiger partial charge in [-0.2, -0.15) is 36.8 Å². The third-order valence-electron chi connectivity index (χ3n) is 6.50. The molecule has 4 amide bonds. The maximum atomic E-state index is 12.6. The monoisotopic (exact) mass is 824 g/mol. The molecule has 6 aromatic heterocycles. The minimum absolute atomic E-state index is 0.116. The summed E-state index contributed by atoms with van der Waals surface area (Å²) in [6.07, 6.45) is 2.91. The van der Waals surface area contributed by atoms with Gasteiger partial charge in [-0.15, -0.1) is 0 Å². The number of pyridine rings is 2.